The second kappa shape index (κ2) is 6.28. The molecule has 0 saturated heterocycles. The van der Waals surface area contributed by atoms with Crippen molar-refractivity contribution >= 4 is 0 Å². The van der Waals surface area contributed by atoms with Crippen LogP contribution in [0.15, 0.2) is 24.3 Å². The minimum atomic E-state index is 0.164. The maximum absolute atomic E-state index is 6.34. The highest BCUT2D eigenvalue weighted by Crippen LogP contribution is 2.36. The van der Waals surface area contributed by atoms with Crippen LogP contribution in [0.3, 0.4) is 0 Å². The first-order valence-corrected chi connectivity index (χ1v) is 7.87. The lowest BCUT2D eigenvalue weighted by molar-refractivity contribution is -0.0282. The molecular weight excluding hydrogens is 246 g/mol. The fraction of sp³-hybridized carbons (Fsp3) is 0.667. The predicted octanol–water partition coefficient (Wildman–Crippen LogP) is 4.19. The first kappa shape index (κ1) is 15.5. The zero-order chi connectivity index (χ0) is 14.8. The van der Waals surface area contributed by atoms with Gasteiger partial charge in [0.2, 0.25) is 0 Å². The van der Waals surface area contributed by atoms with E-state index in [1.807, 2.05) is 0 Å². The van der Waals surface area contributed by atoms with E-state index in [-0.39, 0.29) is 11.5 Å². The lowest BCUT2D eigenvalue weighted by Gasteiger charge is -2.36. The Morgan fingerprint density at radius 3 is 2.30 bits per heavy atom. The van der Waals surface area contributed by atoms with Crippen molar-refractivity contribution in [1.82, 2.24) is 0 Å². The monoisotopic (exact) mass is 275 g/mol. The summed E-state index contributed by atoms with van der Waals surface area (Å²) in [4.78, 5) is 0. The lowest BCUT2D eigenvalue weighted by Crippen LogP contribution is -2.33. The summed E-state index contributed by atoms with van der Waals surface area (Å²) >= 11 is 0. The van der Waals surface area contributed by atoms with Gasteiger partial charge in [-0.25, -0.2) is 0 Å². The smallest absolute Gasteiger partial charge is 0.0580 e. The van der Waals surface area contributed by atoms with Gasteiger partial charge in [0.15, 0.2) is 0 Å². The van der Waals surface area contributed by atoms with Gasteiger partial charge in [-0.15, -0.1) is 0 Å². The van der Waals surface area contributed by atoms with Gasteiger partial charge in [0.1, 0.15) is 0 Å². The number of nitrogens with two attached hydrogens (primary N) is 1. The Morgan fingerprint density at radius 2 is 1.80 bits per heavy atom. The van der Waals surface area contributed by atoms with E-state index in [9.17, 15) is 0 Å². The molecular formula is C18H29NO. The van der Waals surface area contributed by atoms with Crippen molar-refractivity contribution in [3.05, 3.63) is 35.4 Å². The maximum atomic E-state index is 6.34. The number of hydrogen-bond donors (Lipinski definition) is 1. The van der Waals surface area contributed by atoms with Gasteiger partial charge in [0.25, 0.3) is 0 Å². The molecule has 1 aliphatic rings. The Morgan fingerprint density at radius 1 is 1.20 bits per heavy atom. The van der Waals surface area contributed by atoms with E-state index < -0.39 is 0 Å². The molecule has 0 radical (unpaired) electrons. The Bertz CT molecular complexity index is 412. The Hall–Kier alpha value is -0.860. The third-order valence-electron chi connectivity index (χ3n) is 4.39. The molecule has 2 rings (SSSR count). The summed E-state index contributed by atoms with van der Waals surface area (Å²) < 4.78 is 5.61. The molecule has 1 saturated carbocycles. The Balaban J connectivity index is 1.86. The normalized spacial score (nSPS) is 24.2. The molecule has 0 amide bonds. The summed E-state index contributed by atoms with van der Waals surface area (Å²) in [5.41, 5.74) is 9.18. The molecule has 0 spiro atoms. The van der Waals surface area contributed by atoms with Gasteiger partial charge in [-0.05, 0) is 48.6 Å². The van der Waals surface area contributed by atoms with Crippen molar-refractivity contribution in [2.24, 2.45) is 11.7 Å². The SMILES string of the molecule is CCOC1CC(CC(N)c2ccc(C(C)(C)C)cc2)C1. The minimum Gasteiger partial charge on any atom is -0.378 e. The van der Waals surface area contributed by atoms with Crippen LogP contribution in [0.2, 0.25) is 0 Å². The molecule has 0 bridgehead atoms. The average molecular weight is 275 g/mol. The van der Waals surface area contributed by atoms with E-state index in [2.05, 4.69) is 52.0 Å². The van der Waals surface area contributed by atoms with Gasteiger partial charge < -0.3 is 10.5 Å². The quantitative estimate of drug-likeness (QED) is 0.874. The fourth-order valence-electron chi connectivity index (χ4n) is 2.96. The molecule has 1 aromatic carbocycles. The molecule has 1 unspecified atom stereocenters. The predicted molar refractivity (Wildman–Crippen MR) is 84.8 cm³/mol. The summed E-state index contributed by atoms with van der Waals surface area (Å²) in [6.45, 7) is 9.62. The van der Waals surface area contributed by atoms with Crippen molar-refractivity contribution in [1.29, 1.82) is 0 Å². The van der Waals surface area contributed by atoms with Crippen LogP contribution in [0.5, 0.6) is 0 Å². The van der Waals surface area contributed by atoms with Crippen molar-refractivity contribution in [2.75, 3.05) is 6.61 Å². The van der Waals surface area contributed by atoms with Gasteiger partial charge in [0.05, 0.1) is 6.10 Å². The van der Waals surface area contributed by atoms with Gasteiger partial charge in [-0.1, -0.05) is 45.0 Å². The summed E-state index contributed by atoms with van der Waals surface area (Å²) in [6.07, 6.45) is 3.93. The first-order chi connectivity index (χ1) is 9.40. The minimum absolute atomic E-state index is 0.164. The van der Waals surface area contributed by atoms with Crippen LogP contribution in [0, 0.1) is 5.92 Å². The molecule has 2 N–H and O–H groups in total. The molecule has 1 aliphatic carbocycles. The van der Waals surface area contributed by atoms with Crippen LogP contribution in [0.1, 0.15) is 64.1 Å². The van der Waals surface area contributed by atoms with Crippen molar-refractivity contribution < 1.29 is 4.74 Å². The number of benzene rings is 1. The van der Waals surface area contributed by atoms with Crippen LogP contribution in [-0.4, -0.2) is 12.7 Å². The molecule has 2 nitrogen and oxygen atoms in total. The number of hydrogen-bond acceptors (Lipinski definition) is 2. The van der Waals surface area contributed by atoms with Crippen molar-refractivity contribution in [3.8, 4) is 0 Å². The highest BCUT2D eigenvalue weighted by atomic mass is 16.5. The second-order valence-corrected chi connectivity index (χ2v) is 7.13. The first-order valence-electron chi connectivity index (χ1n) is 7.87. The molecule has 112 valence electrons. The standard InChI is InChI=1S/C18H29NO/c1-5-20-16-10-13(11-16)12-17(19)14-6-8-15(9-7-14)18(2,3)4/h6-9,13,16-17H,5,10-12,19H2,1-4H3. The van der Waals surface area contributed by atoms with Crippen LogP contribution in [0.25, 0.3) is 0 Å². The van der Waals surface area contributed by atoms with Crippen LogP contribution in [0.4, 0.5) is 0 Å². The molecule has 0 heterocycles. The third kappa shape index (κ3) is 3.83. The van der Waals surface area contributed by atoms with Gasteiger partial charge >= 0.3 is 0 Å². The summed E-state index contributed by atoms with van der Waals surface area (Å²) in [7, 11) is 0. The second-order valence-electron chi connectivity index (χ2n) is 7.13. The average Bonchev–Trinajstić information content (AvgIpc) is 2.35. The van der Waals surface area contributed by atoms with Crippen LogP contribution in [-0.2, 0) is 10.2 Å². The summed E-state index contributed by atoms with van der Waals surface area (Å²) in [5.74, 6) is 0.740. The molecule has 2 heteroatoms. The number of rotatable bonds is 5. The van der Waals surface area contributed by atoms with Crippen molar-refractivity contribution in [3.63, 3.8) is 0 Å². The Labute approximate surface area is 123 Å². The van der Waals surface area contributed by atoms with Crippen LogP contribution >= 0.6 is 0 Å². The zero-order valence-corrected chi connectivity index (χ0v) is 13.4. The molecule has 1 atom stereocenters. The van der Waals surface area contributed by atoms with E-state index in [0.29, 0.717) is 6.10 Å². The van der Waals surface area contributed by atoms with Gasteiger partial charge in [0, 0.05) is 12.6 Å². The highest BCUT2D eigenvalue weighted by Gasteiger charge is 2.30. The van der Waals surface area contributed by atoms with E-state index in [1.165, 1.54) is 24.0 Å². The van der Waals surface area contributed by atoms with E-state index in [4.69, 9.17) is 10.5 Å². The molecule has 20 heavy (non-hydrogen) atoms. The zero-order valence-electron chi connectivity index (χ0n) is 13.4. The lowest BCUT2D eigenvalue weighted by atomic mass is 9.77. The van der Waals surface area contributed by atoms with Crippen LogP contribution < -0.4 is 5.73 Å². The topological polar surface area (TPSA) is 35.2 Å². The molecule has 1 fully saturated rings. The van der Waals surface area contributed by atoms with E-state index in [1.54, 1.807) is 0 Å². The third-order valence-corrected chi connectivity index (χ3v) is 4.39. The van der Waals surface area contributed by atoms with Crippen molar-refractivity contribution in [2.45, 2.75) is 64.5 Å². The number of ether oxygens (including phenoxy) is 1. The molecule has 0 aromatic heterocycles. The van der Waals surface area contributed by atoms with E-state index in [0.717, 1.165) is 18.9 Å². The van der Waals surface area contributed by atoms with E-state index >= 15 is 0 Å². The summed E-state index contributed by atoms with van der Waals surface area (Å²) in [5, 5.41) is 0. The molecule has 0 aliphatic heterocycles. The fourth-order valence-corrected chi connectivity index (χ4v) is 2.96. The van der Waals surface area contributed by atoms with Gasteiger partial charge in [-0.2, -0.15) is 0 Å². The summed E-state index contributed by atoms with van der Waals surface area (Å²) in [6, 6.07) is 9.00. The molecule has 1 aromatic rings. The Kier molecular flexibility index (Phi) is 4.87. The van der Waals surface area contributed by atoms with Gasteiger partial charge in [-0.3, -0.25) is 0 Å². The largest absolute Gasteiger partial charge is 0.378 e. The highest BCUT2D eigenvalue weighted by molar-refractivity contribution is 5.29. The maximum Gasteiger partial charge on any atom is 0.0580 e.